The van der Waals surface area contributed by atoms with Gasteiger partial charge in [0.15, 0.2) is 0 Å². The SMILES string of the molecule is COc1c(C2CCCCN2)ccc(C)c1Br. The van der Waals surface area contributed by atoms with Crippen LogP contribution in [0.5, 0.6) is 5.75 Å². The minimum absolute atomic E-state index is 0.445. The van der Waals surface area contributed by atoms with Crippen molar-refractivity contribution >= 4 is 15.9 Å². The zero-order valence-electron chi connectivity index (χ0n) is 9.85. The summed E-state index contributed by atoms with van der Waals surface area (Å²) < 4.78 is 6.61. The zero-order valence-corrected chi connectivity index (χ0v) is 11.4. The molecule has 1 saturated heterocycles. The van der Waals surface area contributed by atoms with Crippen LogP contribution in [0.3, 0.4) is 0 Å². The van der Waals surface area contributed by atoms with E-state index < -0.39 is 0 Å². The summed E-state index contributed by atoms with van der Waals surface area (Å²) in [6, 6.07) is 4.78. The molecule has 1 atom stereocenters. The molecule has 0 radical (unpaired) electrons. The number of halogens is 1. The van der Waals surface area contributed by atoms with Gasteiger partial charge in [0.25, 0.3) is 0 Å². The molecule has 1 fully saturated rings. The van der Waals surface area contributed by atoms with Crippen molar-refractivity contribution in [2.24, 2.45) is 0 Å². The van der Waals surface area contributed by atoms with Crippen LogP contribution in [-0.2, 0) is 0 Å². The van der Waals surface area contributed by atoms with Crippen molar-refractivity contribution in [3.05, 3.63) is 27.7 Å². The summed E-state index contributed by atoms with van der Waals surface area (Å²) in [4.78, 5) is 0. The number of nitrogens with one attached hydrogen (secondary N) is 1. The number of piperidine rings is 1. The summed E-state index contributed by atoms with van der Waals surface area (Å²) in [6.07, 6.45) is 3.78. The molecule has 1 aromatic carbocycles. The van der Waals surface area contributed by atoms with Crippen LogP contribution in [0.1, 0.15) is 36.4 Å². The van der Waals surface area contributed by atoms with E-state index in [1.807, 2.05) is 0 Å². The predicted octanol–water partition coefficient (Wildman–Crippen LogP) is 3.58. The van der Waals surface area contributed by atoms with Crippen LogP contribution in [0.2, 0.25) is 0 Å². The van der Waals surface area contributed by atoms with Gasteiger partial charge in [-0.2, -0.15) is 0 Å². The quantitative estimate of drug-likeness (QED) is 0.896. The Morgan fingerprint density at radius 3 is 2.81 bits per heavy atom. The lowest BCUT2D eigenvalue weighted by Gasteiger charge is -2.26. The number of methoxy groups -OCH3 is 1. The first-order valence-electron chi connectivity index (χ1n) is 5.80. The lowest BCUT2D eigenvalue weighted by atomic mass is 9.96. The van der Waals surface area contributed by atoms with E-state index in [-0.39, 0.29) is 0 Å². The van der Waals surface area contributed by atoms with Crippen LogP contribution in [-0.4, -0.2) is 13.7 Å². The summed E-state index contributed by atoms with van der Waals surface area (Å²) in [7, 11) is 1.74. The van der Waals surface area contributed by atoms with Crippen molar-refractivity contribution in [3.8, 4) is 5.75 Å². The van der Waals surface area contributed by atoms with Gasteiger partial charge in [0, 0.05) is 11.6 Å². The lowest BCUT2D eigenvalue weighted by molar-refractivity contribution is 0.371. The molecular formula is C13H18BrNO. The Morgan fingerprint density at radius 2 is 2.19 bits per heavy atom. The van der Waals surface area contributed by atoms with E-state index in [1.54, 1.807) is 7.11 Å². The maximum absolute atomic E-state index is 5.52. The van der Waals surface area contributed by atoms with Gasteiger partial charge in [-0.25, -0.2) is 0 Å². The van der Waals surface area contributed by atoms with E-state index in [1.165, 1.54) is 30.4 Å². The van der Waals surface area contributed by atoms with E-state index in [2.05, 4.69) is 40.3 Å². The van der Waals surface area contributed by atoms with Gasteiger partial charge < -0.3 is 10.1 Å². The highest BCUT2D eigenvalue weighted by molar-refractivity contribution is 9.10. The average molecular weight is 284 g/mol. The number of aryl methyl sites for hydroxylation is 1. The van der Waals surface area contributed by atoms with Gasteiger partial charge in [-0.1, -0.05) is 18.6 Å². The minimum atomic E-state index is 0.445. The van der Waals surface area contributed by atoms with Gasteiger partial charge >= 0.3 is 0 Å². The smallest absolute Gasteiger partial charge is 0.138 e. The highest BCUT2D eigenvalue weighted by Gasteiger charge is 2.20. The normalized spacial score (nSPS) is 20.8. The second-order valence-corrected chi connectivity index (χ2v) is 5.11. The van der Waals surface area contributed by atoms with Gasteiger partial charge in [0.2, 0.25) is 0 Å². The fraction of sp³-hybridized carbons (Fsp3) is 0.538. The summed E-state index contributed by atoms with van der Waals surface area (Å²) in [5.41, 5.74) is 2.50. The number of rotatable bonds is 2. The Bertz CT molecular complexity index is 372. The third-order valence-corrected chi connectivity index (χ3v) is 4.20. The summed E-state index contributed by atoms with van der Waals surface area (Å²) in [5.74, 6) is 0.986. The summed E-state index contributed by atoms with van der Waals surface area (Å²) >= 11 is 3.61. The van der Waals surface area contributed by atoms with E-state index in [0.29, 0.717) is 6.04 Å². The molecule has 1 aromatic rings. The molecule has 1 N–H and O–H groups in total. The molecule has 2 rings (SSSR count). The molecule has 1 aliphatic rings. The number of hydrogen-bond acceptors (Lipinski definition) is 2. The first-order valence-corrected chi connectivity index (χ1v) is 6.59. The molecule has 0 saturated carbocycles. The number of hydrogen-bond donors (Lipinski definition) is 1. The zero-order chi connectivity index (χ0) is 11.5. The first kappa shape index (κ1) is 11.9. The van der Waals surface area contributed by atoms with Crippen LogP contribution < -0.4 is 10.1 Å². The van der Waals surface area contributed by atoms with E-state index in [9.17, 15) is 0 Å². The molecule has 1 aliphatic heterocycles. The molecule has 2 nitrogen and oxygen atoms in total. The minimum Gasteiger partial charge on any atom is -0.495 e. The van der Waals surface area contributed by atoms with Gasteiger partial charge in [0.05, 0.1) is 11.6 Å². The molecule has 88 valence electrons. The van der Waals surface area contributed by atoms with Crippen LogP contribution in [0, 0.1) is 6.92 Å². The van der Waals surface area contributed by atoms with Crippen molar-refractivity contribution in [2.45, 2.75) is 32.2 Å². The third-order valence-electron chi connectivity index (χ3n) is 3.21. The Morgan fingerprint density at radius 1 is 1.38 bits per heavy atom. The number of ether oxygens (including phenoxy) is 1. The first-order chi connectivity index (χ1) is 7.74. The third kappa shape index (κ3) is 2.25. The van der Waals surface area contributed by atoms with Gasteiger partial charge in [-0.15, -0.1) is 0 Å². The largest absolute Gasteiger partial charge is 0.495 e. The topological polar surface area (TPSA) is 21.3 Å². The molecule has 0 amide bonds. The van der Waals surface area contributed by atoms with Crippen molar-refractivity contribution in [1.29, 1.82) is 0 Å². The van der Waals surface area contributed by atoms with Crippen molar-refractivity contribution < 1.29 is 4.74 Å². The molecule has 0 aliphatic carbocycles. The van der Waals surface area contributed by atoms with Crippen LogP contribution in [0.25, 0.3) is 0 Å². The van der Waals surface area contributed by atoms with Gasteiger partial charge in [-0.05, 0) is 47.8 Å². The van der Waals surface area contributed by atoms with Crippen LogP contribution >= 0.6 is 15.9 Å². The average Bonchev–Trinajstić information content (AvgIpc) is 2.33. The molecule has 3 heteroatoms. The highest BCUT2D eigenvalue weighted by Crippen LogP contribution is 2.37. The number of benzene rings is 1. The second kappa shape index (κ2) is 5.19. The molecule has 1 heterocycles. The van der Waals surface area contributed by atoms with E-state index in [0.717, 1.165) is 16.8 Å². The van der Waals surface area contributed by atoms with Crippen molar-refractivity contribution in [2.75, 3.05) is 13.7 Å². The molecular weight excluding hydrogens is 266 g/mol. The predicted molar refractivity (Wildman–Crippen MR) is 70.0 cm³/mol. The molecule has 0 spiro atoms. The van der Waals surface area contributed by atoms with Crippen molar-refractivity contribution in [3.63, 3.8) is 0 Å². The fourth-order valence-corrected chi connectivity index (χ4v) is 2.79. The van der Waals surface area contributed by atoms with Crippen LogP contribution in [0.4, 0.5) is 0 Å². The second-order valence-electron chi connectivity index (χ2n) is 4.32. The Hall–Kier alpha value is -0.540. The van der Waals surface area contributed by atoms with E-state index in [4.69, 9.17) is 4.74 Å². The van der Waals surface area contributed by atoms with E-state index >= 15 is 0 Å². The Balaban J connectivity index is 2.35. The Labute approximate surface area is 106 Å². The molecule has 0 aromatic heterocycles. The van der Waals surface area contributed by atoms with Crippen LogP contribution in [0.15, 0.2) is 16.6 Å². The standard InChI is InChI=1S/C13H18BrNO/c1-9-6-7-10(13(16-2)12(9)14)11-5-3-4-8-15-11/h6-7,11,15H,3-5,8H2,1-2H3. The molecule has 0 bridgehead atoms. The molecule has 16 heavy (non-hydrogen) atoms. The Kier molecular flexibility index (Phi) is 3.87. The summed E-state index contributed by atoms with van der Waals surface area (Å²) in [6.45, 7) is 3.20. The maximum atomic E-state index is 5.52. The van der Waals surface area contributed by atoms with Gasteiger partial charge in [0.1, 0.15) is 5.75 Å². The fourth-order valence-electron chi connectivity index (χ4n) is 2.27. The highest BCUT2D eigenvalue weighted by atomic mass is 79.9. The lowest BCUT2D eigenvalue weighted by Crippen LogP contribution is -2.27. The monoisotopic (exact) mass is 283 g/mol. The molecule has 1 unspecified atom stereocenters. The summed E-state index contributed by atoms with van der Waals surface area (Å²) in [5, 5.41) is 3.56. The van der Waals surface area contributed by atoms with Crippen molar-refractivity contribution in [1.82, 2.24) is 5.32 Å². The maximum Gasteiger partial charge on any atom is 0.138 e. The van der Waals surface area contributed by atoms with Gasteiger partial charge in [-0.3, -0.25) is 0 Å².